The monoisotopic (exact) mass is 334 g/mol. The van der Waals surface area contributed by atoms with Gasteiger partial charge in [0.1, 0.15) is 5.75 Å². The highest BCUT2D eigenvalue weighted by Gasteiger charge is 2.22. The number of fused-ring (bicyclic) bond motifs is 1. The van der Waals surface area contributed by atoms with E-state index in [9.17, 15) is 9.90 Å². The van der Waals surface area contributed by atoms with Gasteiger partial charge in [-0.25, -0.2) is 4.79 Å². The van der Waals surface area contributed by atoms with Gasteiger partial charge in [0.05, 0.1) is 0 Å². The third kappa shape index (κ3) is 3.82. The third-order valence-corrected chi connectivity index (χ3v) is 4.50. The van der Waals surface area contributed by atoms with Crippen LogP contribution in [0.5, 0.6) is 5.75 Å². The van der Waals surface area contributed by atoms with Crippen LogP contribution < -0.4 is 4.74 Å². The zero-order valence-corrected chi connectivity index (χ0v) is 14.7. The van der Waals surface area contributed by atoms with E-state index in [1.165, 1.54) is 5.56 Å². The summed E-state index contributed by atoms with van der Waals surface area (Å²) in [4.78, 5) is 11.7. The highest BCUT2D eigenvalue weighted by Crippen LogP contribution is 2.24. The van der Waals surface area contributed by atoms with Crippen LogP contribution in [-0.2, 0) is 11.2 Å². The number of ether oxygens (including phenoxy) is 1. The van der Waals surface area contributed by atoms with Crippen LogP contribution in [0.2, 0.25) is 0 Å². The molecule has 3 rings (SSSR count). The Kier molecular flexibility index (Phi) is 4.75. The second-order valence-electron chi connectivity index (χ2n) is 6.54. The van der Waals surface area contributed by atoms with Gasteiger partial charge in [-0.05, 0) is 60.4 Å². The molecule has 0 amide bonds. The molecule has 0 radical (unpaired) electrons. The molecule has 1 N–H and O–H groups in total. The van der Waals surface area contributed by atoms with Crippen molar-refractivity contribution in [3.8, 4) is 5.75 Å². The van der Waals surface area contributed by atoms with Gasteiger partial charge in [-0.1, -0.05) is 48.0 Å². The van der Waals surface area contributed by atoms with Crippen molar-refractivity contribution in [2.45, 2.75) is 33.3 Å². The number of carboxylic acid groups (broad SMARTS) is 1. The van der Waals surface area contributed by atoms with Crippen molar-refractivity contribution in [1.82, 2.24) is 0 Å². The molecule has 1 unspecified atom stereocenters. The van der Waals surface area contributed by atoms with Gasteiger partial charge in [-0.2, -0.15) is 0 Å². The first-order valence-corrected chi connectivity index (χ1v) is 8.39. The van der Waals surface area contributed by atoms with Crippen LogP contribution >= 0.6 is 0 Å². The van der Waals surface area contributed by atoms with Crippen molar-refractivity contribution in [3.05, 3.63) is 76.9 Å². The minimum atomic E-state index is -0.951. The summed E-state index contributed by atoms with van der Waals surface area (Å²) in [6.45, 7) is 6.08. The van der Waals surface area contributed by atoms with Crippen molar-refractivity contribution >= 4 is 16.7 Å². The number of carbonyl (C=O) groups is 1. The first-order chi connectivity index (χ1) is 11.9. The average molecular weight is 334 g/mol. The Labute approximate surface area is 147 Å². The maximum absolute atomic E-state index is 11.7. The van der Waals surface area contributed by atoms with Crippen molar-refractivity contribution in [1.29, 1.82) is 0 Å². The summed E-state index contributed by atoms with van der Waals surface area (Å²) in [5.74, 6) is -0.374. The van der Waals surface area contributed by atoms with Crippen molar-refractivity contribution < 1.29 is 14.6 Å². The average Bonchev–Trinajstić information content (AvgIpc) is 2.56. The fourth-order valence-electron chi connectivity index (χ4n) is 3.30. The fourth-order valence-corrected chi connectivity index (χ4v) is 3.30. The van der Waals surface area contributed by atoms with Gasteiger partial charge in [-0.3, -0.25) is 0 Å². The molecule has 0 aliphatic carbocycles. The van der Waals surface area contributed by atoms with E-state index < -0.39 is 12.1 Å². The molecule has 3 heteroatoms. The number of hydrogen-bond acceptors (Lipinski definition) is 2. The number of aryl methyl sites for hydroxylation is 3. The molecule has 1 atom stereocenters. The molecule has 0 aromatic heterocycles. The zero-order chi connectivity index (χ0) is 18.0. The van der Waals surface area contributed by atoms with Crippen LogP contribution in [-0.4, -0.2) is 17.2 Å². The highest BCUT2D eigenvalue weighted by molar-refractivity contribution is 5.84. The van der Waals surface area contributed by atoms with Crippen LogP contribution in [0.25, 0.3) is 10.8 Å². The molecule has 128 valence electrons. The van der Waals surface area contributed by atoms with E-state index in [1.807, 2.05) is 63.2 Å². The van der Waals surface area contributed by atoms with Crippen LogP contribution in [0, 0.1) is 20.8 Å². The molecule has 0 aliphatic rings. The third-order valence-electron chi connectivity index (χ3n) is 4.50. The quantitative estimate of drug-likeness (QED) is 0.726. The van der Waals surface area contributed by atoms with Gasteiger partial charge < -0.3 is 9.84 Å². The van der Waals surface area contributed by atoms with Crippen molar-refractivity contribution in [2.75, 3.05) is 0 Å². The summed E-state index contributed by atoms with van der Waals surface area (Å²) in [6.07, 6.45) is -0.568. The molecule has 3 aromatic carbocycles. The molecule has 0 aliphatic heterocycles. The van der Waals surface area contributed by atoms with Crippen LogP contribution in [0.3, 0.4) is 0 Å². The lowest BCUT2D eigenvalue weighted by Crippen LogP contribution is -2.30. The van der Waals surface area contributed by atoms with E-state index in [0.29, 0.717) is 12.2 Å². The van der Waals surface area contributed by atoms with E-state index in [-0.39, 0.29) is 0 Å². The molecule has 0 heterocycles. The van der Waals surface area contributed by atoms with E-state index >= 15 is 0 Å². The SMILES string of the molecule is Cc1cc(C)c(CC(Oc2ccc3ccccc3c2)C(=O)O)c(C)c1. The van der Waals surface area contributed by atoms with Gasteiger partial charge >= 0.3 is 5.97 Å². The molecule has 0 fully saturated rings. The van der Waals surface area contributed by atoms with Crippen LogP contribution in [0.15, 0.2) is 54.6 Å². The minimum Gasteiger partial charge on any atom is -0.478 e. The van der Waals surface area contributed by atoms with Crippen molar-refractivity contribution in [3.63, 3.8) is 0 Å². The molecule has 25 heavy (non-hydrogen) atoms. The lowest BCUT2D eigenvalue weighted by atomic mass is 9.95. The highest BCUT2D eigenvalue weighted by atomic mass is 16.5. The molecule has 0 bridgehead atoms. The number of aliphatic carboxylic acids is 1. The molecule has 3 nitrogen and oxygen atoms in total. The Balaban J connectivity index is 1.87. The zero-order valence-electron chi connectivity index (χ0n) is 14.7. The maximum Gasteiger partial charge on any atom is 0.345 e. The molecule has 0 saturated carbocycles. The maximum atomic E-state index is 11.7. The predicted molar refractivity (Wildman–Crippen MR) is 100 cm³/mol. The Morgan fingerprint density at radius 3 is 2.24 bits per heavy atom. The summed E-state index contributed by atoms with van der Waals surface area (Å²) < 4.78 is 5.83. The largest absolute Gasteiger partial charge is 0.478 e. The molecule has 3 aromatic rings. The molecular weight excluding hydrogens is 312 g/mol. The Hall–Kier alpha value is -2.81. The lowest BCUT2D eigenvalue weighted by Gasteiger charge is -2.18. The second kappa shape index (κ2) is 6.98. The first kappa shape index (κ1) is 17.0. The van der Waals surface area contributed by atoms with Gasteiger partial charge in [0.2, 0.25) is 0 Å². The number of benzene rings is 3. The number of hydrogen-bond donors (Lipinski definition) is 1. The van der Waals surface area contributed by atoms with E-state index in [2.05, 4.69) is 12.1 Å². The normalized spacial score (nSPS) is 12.1. The summed E-state index contributed by atoms with van der Waals surface area (Å²) in [7, 11) is 0. The summed E-state index contributed by atoms with van der Waals surface area (Å²) in [5.41, 5.74) is 4.43. The fraction of sp³-hybridized carbons (Fsp3) is 0.227. The predicted octanol–water partition coefficient (Wildman–Crippen LogP) is 4.84. The van der Waals surface area contributed by atoms with Gasteiger partial charge in [0.25, 0.3) is 0 Å². The summed E-state index contributed by atoms with van der Waals surface area (Å²) >= 11 is 0. The van der Waals surface area contributed by atoms with Crippen LogP contribution in [0.4, 0.5) is 0 Å². The summed E-state index contributed by atoms with van der Waals surface area (Å²) in [6, 6.07) is 17.8. The number of rotatable bonds is 5. The first-order valence-electron chi connectivity index (χ1n) is 8.39. The second-order valence-corrected chi connectivity index (χ2v) is 6.54. The van der Waals surface area contributed by atoms with E-state index in [4.69, 9.17) is 4.74 Å². The summed E-state index contributed by atoms with van der Waals surface area (Å²) in [5, 5.41) is 11.8. The topological polar surface area (TPSA) is 46.5 Å². The standard InChI is InChI=1S/C22H22O3/c1-14-10-15(2)20(16(3)11-14)13-21(22(23)24)25-19-9-8-17-6-4-5-7-18(17)12-19/h4-12,21H,13H2,1-3H3,(H,23,24). The van der Waals surface area contributed by atoms with Crippen LogP contribution in [0.1, 0.15) is 22.3 Å². The smallest absolute Gasteiger partial charge is 0.345 e. The number of carboxylic acids is 1. The van der Waals surface area contributed by atoms with Gasteiger partial charge in [0.15, 0.2) is 6.10 Å². The van der Waals surface area contributed by atoms with E-state index in [0.717, 1.165) is 27.5 Å². The lowest BCUT2D eigenvalue weighted by molar-refractivity contribution is -0.145. The van der Waals surface area contributed by atoms with E-state index in [1.54, 1.807) is 0 Å². The van der Waals surface area contributed by atoms with Gasteiger partial charge in [0, 0.05) is 6.42 Å². The Bertz CT molecular complexity index is 904. The Morgan fingerprint density at radius 1 is 0.960 bits per heavy atom. The Morgan fingerprint density at radius 2 is 1.60 bits per heavy atom. The van der Waals surface area contributed by atoms with Gasteiger partial charge in [-0.15, -0.1) is 0 Å². The molecule has 0 saturated heterocycles. The minimum absolute atomic E-state index is 0.347. The molecule has 0 spiro atoms. The van der Waals surface area contributed by atoms with Crippen molar-refractivity contribution in [2.24, 2.45) is 0 Å². The molecular formula is C22H22O3.